The summed E-state index contributed by atoms with van der Waals surface area (Å²) in [6.07, 6.45) is 4.33. The van der Waals surface area contributed by atoms with E-state index in [2.05, 4.69) is 22.2 Å². The fraction of sp³-hybridized carbons (Fsp3) is 0.692. The second kappa shape index (κ2) is 7.33. The molecule has 2 heterocycles. The summed E-state index contributed by atoms with van der Waals surface area (Å²) in [5.74, 6) is 2.28. The van der Waals surface area contributed by atoms with Gasteiger partial charge in [-0.1, -0.05) is 31.1 Å². The minimum Gasteiger partial charge on any atom is -0.384 e. The maximum absolute atomic E-state index is 6.11. The van der Waals surface area contributed by atoms with E-state index in [9.17, 15) is 0 Å². The van der Waals surface area contributed by atoms with Crippen LogP contribution >= 0.6 is 23.1 Å². The molecule has 1 aromatic rings. The van der Waals surface area contributed by atoms with Gasteiger partial charge in [-0.3, -0.25) is 0 Å². The van der Waals surface area contributed by atoms with Crippen LogP contribution in [0.2, 0.25) is 0 Å². The van der Waals surface area contributed by atoms with Gasteiger partial charge >= 0.3 is 0 Å². The maximum Gasteiger partial charge on any atom is 0.183 e. The first-order valence-corrected chi connectivity index (χ1v) is 8.93. The van der Waals surface area contributed by atoms with E-state index in [1.165, 1.54) is 30.6 Å². The first kappa shape index (κ1) is 16.4. The van der Waals surface area contributed by atoms with Crippen LogP contribution in [0.25, 0.3) is 0 Å². The molecule has 0 bridgehead atoms. The van der Waals surface area contributed by atoms with Crippen LogP contribution in [0.3, 0.4) is 0 Å². The van der Waals surface area contributed by atoms with Gasteiger partial charge in [-0.05, 0) is 12.2 Å². The van der Waals surface area contributed by atoms with Crippen molar-refractivity contribution >= 4 is 39.9 Å². The number of hydrogen-bond acceptors (Lipinski definition) is 8. The Bertz CT molecular complexity index is 505. The number of aliphatic imine (C=N–C) groups is 1. The second-order valence-corrected chi connectivity index (χ2v) is 7.34. The summed E-state index contributed by atoms with van der Waals surface area (Å²) >= 11 is 3.13. The number of amidine groups is 1. The highest BCUT2D eigenvalue weighted by molar-refractivity contribution is 8.00. The quantitative estimate of drug-likeness (QED) is 0.634. The molecule has 0 aromatic carbocycles. The summed E-state index contributed by atoms with van der Waals surface area (Å²) < 4.78 is 5.22. The number of thioether (sulfide) groups is 1. The molecule has 0 spiro atoms. The minimum atomic E-state index is -0.499. The lowest BCUT2D eigenvalue weighted by Crippen LogP contribution is -2.40. The van der Waals surface area contributed by atoms with Crippen molar-refractivity contribution in [2.24, 2.45) is 10.7 Å². The third-order valence-electron chi connectivity index (χ3n) is 3.22. The fourth-order valence-corrected chi connectivity index (χ4v) is 4.08. The van der Waals surface area contributed by atoms with Crippen molar-refractivity contribution in [1.29, 1.82) is 0 Å². The summed E-state index contributed by atoms with van der Waals surface area (Å²) in [4.78, 5) is 9.33. The van der Waals surface area contributed by atoms with Crippen LogP contribution in [-0.2, 0) is 4.74 Å². The Kier molecular flexibility index (Phi) is 5.72. The Morgan fingerprint density at radius 2 is 2.19 bits per heavy atom. The number of ether oxygens (including phenoxy) is 1. The number of nitrogen functional groups attached to an aromatic ring is 1. The highest BCUT2D eigenvalue weighted by Gasteiger charge is 2.36. The van der Waals surface area contributed by atoms with Crippen LogP contribution in [0.5, 0.6) is 0 Å². The smallest absolute Gasteiger partial charge is 0.183 e. The van der Waals surface area contributed by atoms with Crippen molar-refractivity contribution in [1.82, 2.24) is 4.98 Å². The largest absolute Gasteiger partial charge is 0.384 e. The SMILES string of the molecule is CCCCCSC1(CCOC)N=C(N)c2sc(N)nc2N1. The molecule has 0 radical (unpaired) electrons. The molecule has 0 saturated heterocycles. The van der Waals surface area contributed by atoms with E-state index in [1.807, 2.05) is 0 Å². The highest BCUT2D eigenvalue weighted by atomic mass is 32.2. The monoisotopic (exact) mass is 329 g/mol. The van der Waals surface area contributed by atoms with Crippen LogP contribution in [0.4, 0.5) is 10.9 Å². The van der Waals surface area contributed by atoms with Gasteiger partial charge in [-0.25, -0.2) is 9.98 Å². The average Bonchev–Trinajstić information content (AvgIpc) is 2.82. The molecule has 1 unspecified atom stereocenters. The molecule has 6 nitrogen and oxygen atoms in total. The summed E-state index contributed by atoms with van der Waals surface area (Å²) in [6, 6.07) is 0. The summed E-state index contributed by atoms with van der Waals surface area (Å²) in [5.41, 5.74) is 11.9. The van der Waals surface area contributed by atoms with Gasteiger partial charge in [0.2, 0.25) is 0 Å². The summed E-state index contributed by atoms with van der Waals surface area (Å²) in [5, 5.41) is 3.91. The molecular weight excluding hydrogens is 306 g/mol. The van der Waals surface area contributed by atoms with E-state index < -0.39 is 4.99 Å². The minimum absolute atomic E-state index is 0.499. The number of anilines is 2. The average molecular weight is 329 g/mol. The van der Waals surface area contributed by atoms with Crippen LogP contribution in [0, 0.1) is 0 Å². The normalized spacial score (nSPS) is 20.8. The lowest BCUT2D eigenvalue weighted by atomic mass is 10.3. The molecule has 0 aliphatic carbocycles. The molecule has 118 valence electrons. The van der Waals surface area contributed by atoms with Gasteiger partial charge in [0, 0.05) is 13.5 Å². The Balaban J connectivity index is 2.14. The molecule has 0 fully saturated rings. The van der Waals surface area contributed by atoms with Gasteiger partial charge in [0.1, 0.15) is 10.7 Å². The van der Waals surface area contributed by atoms with Gasteiger partial charge in [-0.2, -0.15) is 0 Å². The van der Waals surface area contributed by atoms with E-state index in [1.54, 1.807) is 18.9 Å². The second-order valence-electron chi connectivity index (χ2n) is 4.93. The Morgan fingerprint density at radius 3 is 2.90 bits per heavy atom. The van der Waals surface area contributed by atoms with Crippen LogP contribution in [-0.4, -0.2) is 35.3 Å². The van der Waals surface area contributed by atoms with Gasteiger partial charge in [0.05, 0.1) is 6.61 Å². The molecule has 21 heavy (non-hydrogen) atoms. The Labute approximate surface area is 133 Å². The van der Waals surface area contributed by atoms with Crippen molar-refractivity contribution in [2.45, 2.75) is 37.6 Å². The zero-order valence-electron chi connectivity index (χ0n) is 12.5. The number of unbranched alkanes of at least 4 members (excludes halogenated alkanes) is 2. The zero-order valence-corrected chi connectivity index (χ0v) is 14.1. The third kappa shape index (κ3) is 4.02. The molecule has 0 saturated carbocycles. The number of fused-ring (bicyclic) bond motifs is 1. The van der Waals surface area contributed by atoms with Gasteiger partial charge in [0.15, 0.2) is 15.9 Å². The molecule has 1 aromatic heterocycles. The van der Waals surface area contributed by atoms with Crippen LogP contribution in [0.1, 0.15) is 37.5 Å². The van der Waals surface area contributed by atoms with E-state index in [-0.39, 0.29) is 0 Å². The number of aromatic nitrogens is 1. The number of nitrogens with two attached hydrogens (primary N) is 2. The lowest BCUT2D eigenvalue weighted by molar-refractivity contribution is 0.187. The predicted octanol–water partition coefficient (Wildman–Crippen LogP) is 2.47. The summed E-state index contributed by atoms with van der Waals surface area (Å²) in [7, 11) is 1.69. The number of rotatable bonds is 8. The van der Waals surface area contributed by atoms with Crippen molar-refractivity contribution in [3.8, 4) is 0 Å². The molecule has 8 heteroatoms. The van der Waals surface area contributed by atoms with Crippen molar-refractivity contribution in [3.05, 3.63) is 4.88 Å². The van der Waals surface area contributed by atoms with Crippen molar-refractivity contribution in [2.75, 3.05) is 30.5 Å². The van der Waals surface area contributed by atoms with E-state index in [0.717, 1.165) is 22.9 Å². The van der Waals surface area contributed by atoms with Crippen molar-refractivity contribution in [3.63, 3.8) is 0 Å². The van der Waals surface area contributed by atoms with Gasteiger partial charge < -0.3 is 21.5 Å². The molecule has 1 aliphatic rings. The Morgan fingerprint density at radius 1 is 1.38 bits per heavy atom. The molecule has 1 aliphatic heterocycles. The van der Waals surface area contributed by atoms with Gasteiger partial charge in [-0.15, -0.1) is 11.8 Å². The summed E-state index contributed by atoms with van der Waals surface area (Å²) in [6.45, 7) is 2.81. The van der Waals surface area contributed by atoms with E-state index in [0.29, 0.717) is 17.6 Å². The first-order chi connectivity index (χ1) is 10.1. The molecule has 1 atom stereocenters. The zero-order chi connectivity index (χ0) is 15.3. The van der Waals surface area contributed by atoms with Crippen molar-refractivity contribution < 1.29 is 4.74 Å². The highest BCUT2D eigenvalue weighted by Crippen LogP contribution is 2.39. The lowest BCUT2D eigenvalue weighted by Gasteiger charge is -2.33. The van der Waals surface area contributed by atoms with Crippen LogP contribution in [0.15, 0.2) is 4.99 Å². The third-order valence-corrected chi connectivity index (χ3v) is 5.50. The standard InChI is InChI=1S/C13H23N5OS2/c1-3-4-5-8-20-13(6-7-19-2)17-10(14)9-11(18-13)16-12(15)21-9/h18H,3-8H2,1-2H3,(H2,14,17)(H2,15,16). The first-order valence-electron chi connectivity index (χ1n) is 7.13. The predicted molar refractivity (Wildman–Crippen MR) is 92.1 cm³/mol. The molecule has 5 N–H and O–H groups in total. The number of methoxy groups -OCH3 is 1. The number of thiazole rings is 1. The maximum atomic E-state index is 6.11. The number of nitrogens with one attached hydrogen (secondary N) is 1. The molecule has 2 rings (SSSR count). The Hall–Kier alpha value is -0.990. The topological polar surface area (TPSA) is 98.5 Å². The number of hydrogen-bond donors (Lipinski definition) is 3. The van der Waals surface area contributed by atoms with Crippen LogP contribution < -0.4 is 16.8 Å². The number of nitrogens with zero attached hydrogens (tertiary/aromatic N) is 2. The molecular formula is C13H23N5OS2. The van der Waals surface area contributed by atoms with E-state index >= 15 is 0 Å². The fourth-order valence-electron chi connectivity index (χ4n) is 2.15. The molecule has 0 amide bonds. The van der Waals surface area contributed by atoms with E-state index in [4.69, 9.17) is 16.2 Å². The van der Waals surface area contributed by atoms with Gasteiger partial charge in [0.25, 0.3) is 0 Å².